The first-order valence-corrected chi connectivity index (χ1v) is 6.94. The van der Waals surface area contributed by atoms with Crippen LogP contribution in [0.1, 0.15) is 13.3 Å². The van der Waals surface area contributed by atoms with Crippen LogP contribution in [0.25, 0.3) is 0 Å². The van der Waals surface area contributed by atoms with Crippen LogP contribution in [-0.2, 0) is 9.59 Å². The van der Waals surface area contributed by atoms with Crippen molar-refractivity contribution in [2.24, 2.45) is 0 Å². The number of amides is 2. The van der Waals surface area contributed by atoms with Crippen LogP contribution in [0.3, 0.4) is 0 Å². The van der Waals surface area contributed by atoms with Gasteiger partial charge in [0.25, 0.3) is 0 Å². The van der Waals surface area contributed by atoms with E-state index in [1.165, 1.54) is 4.90 Å². The Labute approximate surface area is 126 Å². The van der Waals surface area contributed by atoms with Gasteiger partial charge in [-0.05, 0) is 12.5 Å². The fourth-order valence-electron chi connectivity index (χ4n) is 1.83. The summed E-state index contributed by atoms with van der Waals surface area (Å²) in [5.74, 6) is 0.110. The molecule has 2 rings (SSSR count). The van der Waals surface area contributed by atoms with Gasteiger partial charge in [0, 0.05) is 6.54 Å². The van der Waals surface area contributed by atoms with E-state index in [0.29, 0.717) is 28.2 Å². The molecule has 108 valence electrons. The highest BCUT2D eigenvalue weighted by molar-refractivity contribution is 6.37. The monoisotopic (exact) mass is 316 g/mol. The lowest BCUT2D eigenvalue weighted by atomic mass is 10.3. The van der Waals surface area contributed by atoms with E-state index in [1.807, 2.05) is 6.92 Å². The first-order valence-electron chi connectivity index (χ1n) is 6.18. The molecular formula is C12H14Cl2N4O2. The molecule has 2 heterocycles. The maximum atomic E-state index is 11.4. The number of halogens is 2. The van der Waals surface area contributed by atoms with Crippen molar-refractivity contribution in [2.45, 2.75) is 13.3 Å². The number of pyridine rings is 1. The fourth-order valence-corrected chi connectivity index (χ4v) is 2.38. The molecule has 0 radical (unpaired) electrons. The number of nitrogens with one attached hydrogen (secondary N) is 2. The van der Waals surface area contributed by atoms with E-state index in [1.54, 1.807) is 6.07 Å². The zero-order chi connectivity index (χ0) is 14.7. The molecule has 1 aromatic rings. The number of aromatic nitrogens is 1. The average molecular weight is 317 g/mol. The summed E-state index contributed by atoms with van der Waals surface area (Å²) >= 11 is 12.2. The summed E-state index contributed by atoms with van der Waals surface area (Å²) in [6.07, 6.45) is 0.917. The zero-order valence-corrected chi connectivity index (χ0v) is 12.4. The van der Waals surface area contributed by atoms with Gasteiger partial charge in [0.2, 0.25) is 11.8 Å². The van der Waals surface area contributed by atoms with Crippen molar-refractivity contribution in [2.75, 3.05) is 29.9 Å². The van der Waals surface area contributed by atoms with Crippen LogP contribution in [0.15, 0.2) is 6.07 Å². The lowest BCUT2D eigenvalue weighted by Gasteiger charge is -2.27. The number of piperazine rings is 1. The van der Waals surface area contributed by atoms with Crippen LogP contribution in [-0.4, -0.2) is 36.4 Å². The first-order chi connectivity index (χ1) is 9.51. The zero-order valence-electron chi connectivity index (χ0n) is 10.9. The van der Waals surface area contributed by atoms with Crippen LogP contribution in [0.2, 0.25) is 10.0 Å². The van der Waals surface area contributed by atoms with Crippen molar-refractivity contribution in [3.8, 4) is 0 Å². The summed E-state index contributed by atoms with van der Waals surface area (Å²) < 4.78 is 0. The molecule has 0 atom stereocenters. The van der Waals surface area contributed by atoms with E-state index in [-0.39, 0.29) is 24.9 Å². The topological polar surface area (TPSA) is 74.3 Å². The van der Waals surface area contributed by atoms with Gasteiger partial charge in [0.15, 0.2) is 5.82 Å². The number of imide groups is 1. The van der Waals surface area contributed by atoms with E-state index < -0.39 is 0 Å². The Morgan fingerprint density at radius 3 is 2.55 bits per heavy atom. The first kappa shape index (κ1) is 14.9. The predicted octanol–water partition coefficient (Wildman–Crippen LogP) is 1.67. The average Bonchev–Trinajstić information content (AvgIpc) is 2.36. The van der Waals surface area contributed by atoms with Crippen LogP contribution >= 0.6 is 23.2 Å². The molecule has 1 saturated heterocycles. The predicted molar refractivity (Wildman–Crippen MR) is 78.4 cm³/mol. The summed E-state index contributed by atoms with van der Waals surface area (Å²) in [6.45, 7) is 2.80. The minimum Gasteiger partial charge on any atom is -0.369 e. The van der Waals surface area contributed by atoms with E-state index in [9.17, 15) is 9.59 Å². The third-order valence-corrected chi connectivity index (χ3v) is 3.27. The minimum atomic E-state index is -0.378. The lowest BCUT2D eigenvalue weighted by molar-refractivity contribution is -0.130. The van der Waals surface area contributed by atoms with Gasteiger partial charge in [-0.15, -0.1) is 0 Å². The molecule has 0 aliphatic carbocycles. The van der Waals surface area contributed by atoms with Crippen molar-refractivity contribution in [3.63, 3.8) is 0 Å². The quantitative estimate of drug-likeness (QED) is 0.827. The molecule has 0 aromatic carbocycles. The number of carbonyl (C=O) groups is 2. The van der Waals surface area contributed by atoms with Crippen LogP contribution in [0, 0.1) is 0 Å². The third kappa shape index (κ3) is 3.32. The van der Waals surface area contributed by atoms with Crippen molar-refractivity contribution in [1.29, 1.82) is 0 Å². The molecule has 8 heteroatoms. The van der Waals surface area contributed by atoms with E-state index in [2.05, 4.69) is 15.6 Å². The second-order valence-electron chi connectivity index (χ2n) is 4.38. The summed E-state index contributed by atoms with van der Waals surface area (Å²) in [5.41, 5.74) is 0. The molecule has 20 heavy (non-hydrogen) atoms. The molecule has 1 fully saturated rings. The van der Waals surface area contributed by atoms with Gasteiger partial charge in [-0.25, -0.2) is 4.98 Å². The summed E-state index contributed by atoms with van der Waals surface area (Å²) in [6, 6.07) is 1.56. The molecule has 0 bridgehead atoms. The van der Waals surface area contributed by atoms with E-state index >= 15 is 0 Å². The van der Waals surface area contributed by atoms with Gasteiger partial charge in [0.05, 0.1) is 23.1 Å². The molecule has 1 aromatic heterocycles. The van der Waals surface area contributed by atoms with Crippen molar-refractivity contribution in [1.82, 2.24) is 10.3 Å². The molecule has 6 nitrogen and oxygen atoms in total. The fraction of sp³-hybridized carbons (Fsp3) is 0.417. The Bertz CT molecular complexity index is 535. The highest BCUT2D eigenvalue weighted by atomic mass is 35.5. The lowest BCUT2D eigenvalue weighted by Crippen LogP contribution is -2.51. The molecule has 1 aliphatic rings. The number of anilines is 2. The van der Waals surface area contributed by atoms with Crippen LogP contribution in [0.5, 0.6) is 0 Å². The van der Waals surface area contributed by atoms with Crippen molar-refractivity contribution in [3.05, 3.63) is 16.1 Å². The molecular weight excluding hydrogens is 303 g/mol. The van der Waals surface area contributed by atoms with Gasteiger partial charge in [-0.2, -0.15) is 0 Å². The van der Waals surface area contributed by atoms with Gasteiger partial charge in [-0.1, -0.05) is 30.1 Å². The molecule has 0 unspecified atom stereocenters. The SMILES string of the molecule is CCCNc1nc(N2CC(=O)NC(=O)C2)c(Cl)cc1Cl. The second kappa shape index (κ2) is 6.28. The van der Waals surface area contributed by atoms with Crippen molar-refractivity contribution < 1.29 is 9.59 Å². The molecule has 0 spiro atoms. The van der Waals surface area contributed by atoms with E-state index in [0.717, 1.165) is 6.42 Å². The Balaban J connectivity index is 2.30. The summed E-state index contributed by atoms with van der Waals surface area (Å²) in [5, 5.41) is 6.01. The minimum absolute atomic E-state index is 0.0350. The van der Waals surface area contributed by atoms with E-state index in [4.69, 9.17) is 23.2 Å². The standard InChI is InChI=1S/C12H14Cl2N4O2/c1-2-3-15-11-7(13)4-8(14)12(17-11)18-5-9(19)16-10(20)6-18/h4H,2-3,5-6H2,1H3,(H,15,17)(H,16,19,20). The molecule has 0 saturated carbocycles. The molecule has 2 amide bonds. The molecule has 1 aliphatic heterocycles. The Kier molecular flexibility index (Phi) is 4.67. The third-order valence-electron chi connectivity index (χ3n) is 2.70. The number of nitrogens with zero attached hydrogens (tertiary/aromatic N) is 2. The van der Waals surface area contributed by atoms with Gasteiger partial charge in [0.1, 0.15) is 5.82 Å². The largest absolute Gasteiger partial charge is 0.369 e. The van der Waals surface area contributed by atoms with Gasteiger partial charge in [-0.3, -0.25) is 14.9 Å². The number of hydrogen-bond donors (Lipinski definition) is 2. The molecule has 2 N–H and O–H groups in total. The van der Waals surface area contributed by atoms with Gasteiger partial charge < -0.3 is 10.2 Å². The summed E-state index contributed by atoms with van der Waals surface area (Å²) in [4.78, 5) is 28.7. The second-order valence-corrected chi connectivity index (χ2v) is 5.19. The summed E-state index contributed by atoms with van der Waals surface area (Å²) in [7, 11) is 0. The maximum Gasteiger partial charge on any atom is 0.246 e. The van der Waals surface area contributed by atoms with Crippen molar-refractivity contribution >= 4 is 46.7 Å². The normalized spacial score (nSPS) is 15.2. The van der Waals surface area contributed by atoms with Gasteiger partial charge >= 0.3 is 0 Å². The Hall–Kier alpha value is -1.53. The number of rotatable bonds is 4. The maximum absolute atomic E-state index is 11.4. The Morgan fingerprint density at radius 1 is 1.30 bits per heavy atom. The van der Waals surface area contributed by atoms with Crippen LogP contribution < -0.4 is 15.5 Å². The number of hydrogen-bond acceptors (Lipinski definition) is 5. The highest BCUT2D eigenvalue weighted by Crippen LogP contribution is 2.31. The smallest absolute Gasteiger partial charge is 0.246 e. The Morgan fingerprint density at radius 2 is 1.95 bits per heavy atom. The highest BCUT2D eigenvalue weighted by Gasteiger charge is 2.25. The van der Waals surface area contributed by atoms with Crippen LogP contribution in [0.4, 0.5) is 11.6 Å². The number of carbonyl (C=O) groups excluding carboxylic acids is 2.